The van der Waals surface area contributed by atoms with Gasteiger partial charge in [-0.15, -0.1) is 0 Å². The molecule has 0 radical (unpaired) electrons. The van der Waals surface area contributed by atoms with Gasteiger partial charge in [-0.3, -0.25) is 24.5 Å². The van der Waals surface area contributed by atoms with Crippen LogP contribution in [0.15, 0.2) is 42.5 Å². The van der Waals surface area contributed by atoms with Crippen LogP contribution in [0.25, 0.3) is 0 Å². The van der Waals surface area contributed by atoms with Crippen molar-refractivity contribution in [2.75, 3.05) is 4.90 Å². The number of nitrogens with one attached hydrogen (secondary N) is 1. The highest BCUT2D eigenvalue weighted by molar-refractivity contribution is 6.25. The Morgan fingerprint density at radius 1 is 1.06 bits per heavy atom. The summed E-state index contributed by atoms with van der Waals surface area (Å²) in [4.78, 5) is 53.0. The summed E-state index contributed by atoms with van der Waals surface area (Å²) < 4.78 is 5.08. The number of aliphatic hydroxyl groups is 1. The molecule has 2 fully saturated rings. The van der Waals surface area contributed by atoms with Crippen molar-refractivity contribution < 1.29 is 34.1 Å². The van der Waals surface area contributed by atoms with Gasteiger partial charge in [0.2, 0.25) is 11.8 Å². The van der Waals surface area contributed by atoms with Crippen LogP contribution in [-0.2, 0) is 32.0 Å². The SMILES string of the molecule is CCc1cccc(CC)c1N1C(=O)C2C(c3ccc(OC(C)=O)cc3)NC(C(=O)O)(C(C)O)C2C1=O. The number of aliphatic carboxylic acids is 1. The molecular weight excluding hydrogens is 464 g/mol. The number of aliphatic hydroxyl groups excluding tert-OH is 1. The van der Waals surface area contributed by atoms with Crippen molar-refractivity contribution in [3.8, 4) is 5.75 Å². The number of para-hydroxylation sites is 1. The van der Waals surface area contributed by atoms with Gasteiger partial charge in [0.1, 0.15) is 5.75 Å². The van der Waals surface area contributed by atoms with Crippen LogP contribution in [0.2, 0.25) is 0 Å². The van der Waals surface area contributed by atoms with Crippen molar-refractivity contribution in [3.05, 3.63) is 59.2 Å². The molecule has 2 aliphatic rings. The van der Waals surface area contributed by atoms with Crippen molar-refractivity contribution in [2.24, 2.45) is 11.8 Å². The Hall–Kier alpha value is -3.56. The molecule has 5 unspecified atom stereocenters. The minimum Gasteiger partial charge on any atom is -0.480 e. The molecule has 36 heavy (non-hydrogen) atoms. The average Bonchev–Trinajstić information content (AvgIpc) is 3.33. The first kappa shape index (κ1) is 25.5. The van der Waals surface area contributed by atoms with E-state index in [9.17, 15) is 29.4 Å². The zero-order chi connectivity index (χ0) is 26.4. The lowest BCUT2D eigenvalue weighted by Gasteiger charge is -2.34. The molecule has 2 aromatic carbocycles. The third kappa shape index (κ3) is 3.79. The van der Waals surface area contributed by atoms with Crippen LogP contribution in [0.4, 0.5) is 5.69 Å². The topological polar surface area (TPSA) is 133 Å². The molecule has 0 saturated carbocycles. The van der Waals surface area contributed by atoms with Crippen LogP contribution in [0.5, 0.6) is 5.75 Å². The standard InChI is InChI=1S/C27H30N2O7/c1-5-16-8-7-9-17(6-2)23(16)29-24(32)20-21(25(29)33)27(14(3)30,26(34)35)28-22(20)18-10-12-19(13-11-18)36-15(4)31/h7-14,20-22,28,30H,5-6H2,1-4H3,(H,34,35). The minimum atomic E-state index is -2.07. The molecule has 4 rings (SSSR count). The second kappa shape index (κ2) is 9.48. The number of anilines is 1. The van der Waals surface area contributed by atoms with Crippen LogP contribution < -0.4 is 15.0 Å². The van der Waals surface area contributed by atoms with Gasteiger partial charge in [-0.2, -0.15) is 0 Å². The van der Waals surface area contributed by atoms with Crippen LogP contribution in [0.1, 0.15) is 50.4 Å². The van der Waals surface area contributed by atoms with Gasteiger partial charge in [-0.25, -0.2) is 4.90 Å². The Labute approximate surface area is 209 Å². The lowest BCUT2D eigenvalue weighted by Crippen LogP contribution is -2.62. The van der Waals surface area contributed by atoms with Gasteiger partial charge in [0.15, 0.2) is 5.54 Å². The van der Waals surface area contributed by atoms with Crippen molar-refractivity contribution >= 4 is 29.4 Å². The second-order valence-corrected chi connectivity index (χ2v) is 9.28. The zero-order valence-corrected chi connectivity index (χ0v) is 20.6. The predicted molar refractivity (Wildman–Crippen MR) is 130 cm³/mol. The van der Waals surface area contributed by atoms with Crippen molar-refractivity contribution in [1.29, 1.82) is 0 Å². The van der Waals surface area contributed by atoms with E-state index in [4.69, 9.17) is 4.74 Å². The number of aryl methyl sites for hydroxylation is 2. The third-order valence-corrected chi connectivity index (χ3v) is 7.30. The monoisotopic (exact) mass is 494 g/mol. The van der Waals surface area contributed by atoms with Crippen molar-refractivity contribution in [3.63, 3.8) is 0 Å². The van der Waals surface area contributed by atoms with E-state index in [0.29, 0.717) is 29.8 Å². The van der Waals surface area contributed by atoms with Gasteiger partial charge in [0.25, 0.3) is 0 Å². The predicted octanol–water partition coefficient (Wildman–Crippen LogP) is 2.39. The summed E-state index contributed by atoms with van der Waals surface area (Å²) in [5, 5.41) is 23.9. The van der Waals surface area contributed by atoms with Crippen LogP contribution in [-0.4, -0.2) is 45.6 Å². The average molecular weight is 495 g/mol. The van der Waals surface area contributed by atoms with Gasteiger partial charge in [-0.05, 0) is 48.6 Å². The first-order valence-electron chi connectivity index (χ1n) is 12.0. The number of carboxylic acids is 1. The molecule has 9 nitrogen and oxygen atoms in total. The van der Waals surface area contributed by atoms with Gasteiger partial charge in [0, 0.05) is 13.0 Å². The number of amides is 2. The smallest absolute Gasteiger partial charge is 0.327 e. The first-order chi connectivity index (χ1) is 17.1. The van der Waals surface area contributed by atoms with E-state index < -0.39 is 53.3 Å². The summed E-state index contributed by atoms with van der Waals surface area (Å²) in [6, 6.07) is 11.0. The van der Waals surface area contributed by atoms with Crippen molar-refractivity contribution in [1.82, 2.24) is 5.32 Å². The molecular formula is C27H30N2O7. The fraction of sp³-hybridized carbons (Fsp3) is 0.407. The number of ether oxygens (including phenoxy) is 1. The molecule has 0 bridgehead atoms. The van der Waals surface area contributed by atoms with Gasteiger partial charge >= 0.3 is 11.9 Å². The molecule has 2 aliphatic heterocycles. The number of carbonyl (C=O) groups is 4. The zero-order valence-electron chi connectivity index (χ0n) is 20.6. The maximum Gasteiger partial charge on any atom is 0.327 e. The number of hydrogen-bond donors (Lipinski definition) is 3. The van der Waals surface area contributed by atoms with E-state index in [1.807, 2.05) is 32.0 Å². The third-order valence-electron chi connectivity index (χ3n) is 7.30. The van der Waals surface area contributed by atoms with E-state index in [1.165, 1.54) is 26.0 Å². The molecule has 5 atom stereocenters. The lowest BCUT2D eigenvalue weighted by atomic mass is 9.76. The fourth-order valence-electron chi connectivity index (χ4n) is 5.62. The highest BCUT2D eigenvalue weighted by Crippen LogP contribution is 2.51. The van der Waals surface area contributed by atoms with Crippen molar-refractivity contribution in [2.45, 2.75) is 58.2 Å². The molecule has 0 aromatic heterocycles. The maximum atomic E-state index is 14.0. The summed E-state index contributed by atoms with van der Waals surface area (Å²) in [5.74, 6) is -5.14. The summed E-state index contributed by atoms with van der Waals surface area (Å²) in [7, 11) is 0. The number of nitrogens with zero attached hydrogens (tertiary/aromatic N) is 1. The van der Waals surface area contributed by atoms with E-state index in [-0.39, 0.29) is 0 Å². The maximum absolute atomic E-state index is 14.0. The van der Waals surface area contributed by atoms with E-state index >= 15 is 0 Å². The highest BCUT2D eigenvalue weighted by atomic mass is 16.5. The Morgan fingerprint density at radius 3 is 2.11 bits per heavy atom. The first-order valence-corrected chi connectivity index (χ1v) is 12.0. The van der Waals surface area contributed by atoms with Crippen LogP contribution in [0.3, 0.4) is 0 Å². The molecule has 2 amide bonds. The molecule has 2 heterocycles. The van der Waals surface area contributed by atoms with Gasteiger partial charge in [-0.1, -0.05) is 44.2 Å². The Kier molecular flexibility index (Phi) is 6.72. The number of hydrogen-bond acceptors (Lipinski definition) is 7. The van der Waals surface area contributed by atoms with E-state index in [1.54, 1.807) is 12.1 Å². The molecule has 9 heteroatoms. The Bertz CT molecular complexity index is 1200. The number of imide groups is 1. The number of carboxylic acid groups (broad SMARTS) is 1. The van der Waals surface area contributed by atoms with Gasteiger partial charge in [0.05, 0.1) is 23.6 Å². The summed E-state index contributed by atoms with van der Waals surface area (Å²) in [5.41, 5.74) is 0.584. The van der Waals surface area contributed by atoms with Gasteiger partial charge < -0.3 is 14.9 Å². The highest BCUT2D eigenvalue weighted by Gasteiger charge is 2.70. The summed E-state index contributed by atoms with van der Waals surface area (Å²) >= 11 is 0. The molecule has 0 aliphatic carbocycles. The Balaban J connectivity index is 1.87. The summed E-state index contributed by atoms with van der Waals surface area (Å²) in [6.07, 6.45) is -0.318. The fourth-order valence-corrected chi connectivity index (χ4v) is 5.62. The van der Waals surface area contributed by atoms with Crippen LogP contribution >= 0.6 is 0 Å². The minimum absolute atomic E-state index is 0.292. The molecule has 3 N–H and O–H groups in total. The molecule has 2 aromatic rings. The second-order valence-electron chi connectivity index (χ2n) is 9.28. The molecule has 0 spiro atoms. The number of fused-ring (bicyclic) bond motifs is 1. The lowest BCUT2D eigenvalue weighted by molar-refractivity contribution is -0.154. The number of rotatable bonds is 7. The number of benzene rings is 2. The number of carbonyl (C=O) groups excluding carboxylic acids is 3. The van der Waals surface area contributed by atoms with E-state index in [0.717, 1.165) is 16.0 Å². The summed E-state index contributed by atoms with van der Waals surface area (Å²) in [6.45, 7) is 6.44. The molecule has 190 valence electrons. The van der Waals surface area contributed by atoms with Crippen LogP contribution in [0, 0.1) is 11.8 Å². The normalized spacial score (nSPS) is 26.1. The Morgan fingerprint density at radius 2 is 1.64 bits per heavy atom. The number of esters is 1. The quantitative estimate of drug-likeness (QED) is 0.304. The van der Waals surface area contributed by atoms with E-state index in [2.05, 4.69) is 5.32 Å². The largest absolute Gasteiger partial charge is 0.480 e. The molecule has 2 saturated heterocycles.